The second-order valence-corrected chi connectivity index (χ2v) is 7.81. The van der Waals surface area contributed by atoms with Crippen LogP contribution in [0.4, 0.5) is 0 Å². The maximum absolute atomic E-state index is 12.8. The zero-order valence-corrected chi connectivity index (χ0v) is 15.7. The fourth-order valence-corrected chi connectivity index (χ4v) is 4.37. The molecule has 0 bridgehead atoms. The van der Waals surface area contributed by atoms with Crippen molar-refractivity contribution in [2.75, 3.05) is 13.2 Å². The fraction of sp³-hybridized carbons (Fsp3) is 0.400. The monoisotopic (exact) mass is 386 g/mol. The standard InChI is InChI=1S/C20H22N2O4S/c23-19(6-5-16-4-2-10-27-16)22-13-14(11-18-17(22)7-9-26-18)20(24)21-12-15-3-1-8-25-15/h1-6,8,10,14,17-18H,7,9,11-13H2,(H,21,24)/b6-5+/t14-,17+,18+/m0/s1. The first-order valence-corrected chi connectivity index (χ1v) is 10.0. The molecule has 0 spiro atoms. The van der Waals surface area contributed by atoms with Gasteiger partial charge in [0.1, 0.15) is 5.76 Å². The molecule has 2 amide bonds. The smallest absolute Gasteiger partial charge is 0.246 e. The minimum absolute atomic E-state index is 0.0552. The molecule has 3 atom stereocenters. The lowest BCUT2D eigenvalue weighted by Crippen LogP contribution is -2.54. The highest BCUT2D eigenvalue weighted by Crippen LogP contribution is 2.32. The van der Waals surface area contributed by atoms with E-state index < -0.39 is 0 Å². The number of amides is 2. The minimum Gasteiger partial charge on any atom is -0.467 e. The van der Waals surface area contributed by atoms with E-state index in [1.807, 2.05) is 34.6 Å². The fourth-order valence-electron chi connectivity index (χ4n) is 3.76. The van der Waals surface area contributed by atoms with Gasteiger partial charge in [-0.3, -0.25) is 9.59 Å². The summed E-state index contributed by atoms with van der Waals surface area (Å²) in [6, 6.07) is 7.59. The Kier molecular flexibility index (Phi) is 5.40. The Morgan fingerprint density at radius 3 is 3.04 bits per heavy atom. The van der Waals surface area contributed by atoms with Crippen LogP contribution in [0.15, 0.2) is 46.4 Å². The van der Waals surface area contributed by atoms with E-state index in [0.29, 0.717) is 31.9 Å². The Morgan fingerprint density at radius 2 is 2.26 bits per heavy atom. The Hall–Kier alpha value is -2.38. The van der Waals surface area contributed by atoms with Crippen molar-refractivity contribution in [3.8, 4) is 0 Å². The molecule has 2 aliphatic rings. The average Bonchev–Trinajstić information content (AvgIpc) is 3.45. The van der Waals surface area contributed by atoms with Gasteiger partial charge in [0.2, 0.25) is 11.8 Å². The highest BCUT2D eigenvalue weighted by atomic mass is 32.1. The number of hydrogen-bond acceptors (Lipinski definition) is 5. The van der Waals surface area contributed by atoms with Gasteiger partial charge < -0.3 is 19.4 Å². The molecule has 142 valence electrons. The van der Waals surface area contributed by atoms with Gasteiger partial charge in [0, 0.05) is 24.1 Å². The molecule has 4 heterocycles. The van der Waals surface area contributed by atoms with Crippen LogP contribution in [0.1, 0.15) is 23.5 Å². The van der Waals surface area contributed by atoms with E-state index in [0.717, 1.165) is 11.3 Å². The summed E-state index contributed by atoms with van der Waals surface area (Å²) in [6.45, 7) is 1.40. The van der Waals surface area contributed by atoms with Crippen LogP contribution in [0, 0.1) is 5.92 Å². The lowest BCUT2D eigenvalue weighted by atomic mass is 9.89. The summed E-state index contributed by atoms with van der Waals surface area (Å²) in [7, 11) is 0. The van der Waals surface area contributed by atoms with Crippen molar-refractivity contribution >= 4 is 29.2 Å². The number of rotatable bonds is 5. The molecule has 7 heteroatoms. The molecule has 0 radical (unpaired) electrons. The Bertz CT molecular complexity index is 800. The van der Waals surface area contributed by atoms with Gasteiger partial charge in [-0.2, -0.15) is 0 Å². The number of furan rings is 1. The first-order chi connectivity index (χ1) is 13.2. The Balaban J connectivity index is 1.42. The van der Waals surface area contributed by atoms with Crippen molar-refractivity contribution in [2.24, 2.45) is 5.92 Å². The molecule has 6 nitrogen and oxygen atoms in total. The molecule has 2 aromatic rings. The first kappa shape index (κ1) is 18.0. The molecule has 4 rings (SSSR count). The predicted molar refractivity (Wildman–Crippen MR) is 102 cm³/mol. The van der Waals surface area contributed by atoms with Crippen LogP contribution in [0.3, 0.4) is 0 Å². The molecule has 2 aromatic heterocycles. The van der Waals surface area contributed by atoms with Gasteiger partial charge in [0.15, 0.2) is 0 Å². The van der Waals surface area contributed by atoms with Gasteiger partial charge in [-0.15, -0.1) is 11.3 Å². The number of hydrogen-bond donors (Lipinski definition) is 1. The van der Waals surface area contributed by atoms with Gasteiger partial charge >= 0.3 is 0 Å². The Morgan fingerprint density at radius 1 is 1.33 bits per heavy atom. The first-order valence-electron chi connectivity index (χ1n) is 9.14. The van der Waals surface area contributed by atoms with Crippen molar-refractivity contribution < 1.29 is 18.7 Å². The number of fused-ring (bicyclic) bond motifs is 1. The van der Waals surface area contributed by atoms with Crippen LogP contribution in [-0.2, 0) is 20.9 Å². The third-order valence-electron chi connectivity index (χ3n) is 5.11. The molecule has 2 fully saturated rings. The minimum atomic E-state index is -0.279. The molecular weight excluding hydrogens is 364 g/mol. The normalized spacial score (nSPS) is 24.9. The van der Waals surface area contributed by atoms with Gasteiger partial charge in [-0.25, -0.2) is 0 Å². The van der Waals surface area contributed by atoms with Crippen LogP contribution in [-0.4, -0.2) is 42.0 Å². The summed E-state index contributed by atoms with van der Waals surface area (Å²) in [4.78, 5) is 28.3. The lowest BCUT2D eigenvalue weighted by Gasteiger charge is -2.39. The lowest BCUT2D eigenvalue weighted by molar-refractivity contribution is -0.138. The molecule has 27 heavy (non-hydrogen) atoms. The number of carbonyl (C=O) groups excluding carboxylic acids is 2. The molecule has 0 saturated carbocycles. The summed E-state index contributed by atoms with van der Waals surface area (Å²) < 4.78 is 11.1. The summed E-state index contributed by atoms with van der Waals surface area (Å²) in [6.07, 6.45) is 6.41. The number of likely N-dealkylation sites (tertiary alicyclic amines) is 1. The number of thiophene rings is 1. The van der Waals surface area contributed by atoms with Gasteiger partial charge in [0.05, 0.1) is 30.9 Å². The molecule has 0 unspecified atom stereocenters. The summed E-state index contributed by atoms with van der Waals surface area (Å²) >= 11 is 1.59. The summed E-state index contributed by atoms with van der Waals surface area (Å²) in [5, 5.41) is 4.88. The molecule has 0 aliphatic carbocycles. The van der Waals surface area contributed by atoms with E-state index in [4.69, 9.17) is 9.15 Å². The van der Waals surface area contributed by atoms with E-state index in [1.165, 1.54) is 0 Å². The average molecular weight is 386 g/mol. The van der Waals surface area contributed by atoms with Crippen molar-refractivity contribution in [1.82, 2.24) is 10.2 Å². The van der Waals surface area contributed by atoms with Crippen LogP contribution in [0.2, 0.25) is 0 Å². The number of nitrogens with zero attached hydrogens (tertiary/aromatic N) is 1. The molecule has 2 aliphatic heterocycles. The summed E-state index contributed by atoms with van der Waals surface area (Å²) in [5.74, 6) is 0.298. The second kappa shape index (κ2) is 8.10. The van der Waals surface area contributed by atoms with Crippen molar-refractivity contribution in [3.05, 3.63) is 52.6 Å². The predicted octanol–water partition coefficient (Wildman–Crippen LogP) is 2.68. The topological polar surface area (TPSA) is 71.8 Å². The zero-order chi connectivity index (χ0) is 18.6. The highest BCUT2D eigenvalue weighted by molar-refractivity contribution is 7.10. The van der Waals surface area contributed by atoms with Crippen molar-refractivity contribution in [2.45, 2.75) is 31.5 Å². The van der Waals surface area contributed by atoms with E-state index in [2.05, 4.69) is 5.32 Å². The third kappa shape index (κ3) is 4.14. The maximum atomic E-state index is 12.8. The van der Waals surface area contributed by atoms with Gasteiger partial charge in [0.25, 0.3) is 0 Å². The summed E-state index contributed by atoms with van der Waals surface area (Å²) in [5.41, 5.74) is 0. The number of carbonyl (C=O) groups is 2. The third-order valence-corrected chi connectivity index (χ3v) is 5.95. The molecule has 2 saturated heterocycles. The SMILES string of the molecule is O=C(NCc1ccco1)[C@H]1C[C@H]2OCC[C@H]2N(C(=O)/C=C/c2cccs2)C1. The highest BCUT2D eigenvalue weighted by Gasteiger charge is 2.43. The van der Waals surface area contributed by atoms with E-state index in [1.54, 1.807) is 29.7 Å². The van der Waals surface area contributed by atoms with Crippen LogP contribution < -0.4 is 5.32 Å². The Labute approximate surface area is 161 Å². The van der Waals surface area contributed by atoms with Crippen LogP contribution in [0.25, 0.3) is 6.08 Å². The van der Waals surface area contributed by atoms with Crippen LogP contribution in [0.5, 0.6) is 0 Å². The maximum Gasteiger partial charge on any atom is 0.246 e. The number of piperidine rings is 1. The van der Waals surface area contributed by atoms with Gasteiger partial charge in [-0.05, 0) is 42.5 Å². The molecule has 0 aromatic carbocycles. The zero-order valence-electron chi connectivity index (χ0n) is 14.9. The van der Waals surface area contributed by atoms with Crippen molar-refractivity contribution in [1.29, 1.82) is 0 Å². The van der Waals surface area contributed by atoms with E-state index in [-0.39, 0.29) is 29.9 Å². The second-order valence-electron chi connectivity index (χ2n) is 6.83. The van der Waals surface area contributed by atoms with E-state index in [9.17, 15) is 9.59 Å². The molecular formula is C20H22N2O4S. The van der Waals surface area contributed by atoms with Crippen molar-refractivity contribution in [3.63, 3.8) is 0 Å². The van der Waals surface area contributed by atoms with Crippen LogP contribution >= 0.6 is 11.3 Å². The molecule has 1 N–H and O–H groups in total. The largest absolute Gasteiger partial charge is 0.467 e. The van der Waals surface area contributed by atoms with E-state index >= 15 is 0 Å². The number of nitrogens with one attached hydrogen (secondary N) is 1. The number of ether oxygens (including phenoxy) is 1. The van der Waals surface area contributed by atoms with Gasteiger partial charge in [-0.1, -0.05) is 6.07 Å². The quantitative estimate of drug-likeness (QED) is 0.802.